The number of benzene rings is 1. The third-order valence-corrected chi connectivity index (χ3v) is 4.53. The second-order valence-electron chi connectivity index (χ2n) is 4.89. The van der Waals surface area contributed by atoms with Crippen LogP contribution in [-0.2, 0) is 14.4 Å². The Hall–Kier alpha value is -2.26. The number of amides is 1. The van der Waals surface area contributed by atoms with Crippen LogP contribution in [0.3, 0.4) is 0 Å². The van der Waals surface area contributed by atoms with Crippen molar-refractivity contribution in [1.29, 1.82) is 0 Å². The molecule has 0 bridgehead atoms. The molecule has 0 unspecified atom stereocenters. The Balaban J connectivity index is 2.26. The zero-order valence-electron chi connectivity index (χ0n) is 12.1. The van der Waals surface area contributed by atoms with E-state index in [0.29, 0.717) is 5.56 Å². The Morgan fingerprint density at radius 3 is 2.67 bits per heavy atom. The average molecular weight is 369 g/mol. The second-order valence-corrected chi connectivity index (χ2v) is 6.57. The van der Waals surface area contributed by atoms with Crippen molar-refractivity contribution < 1.29 is 29.0 Å². The van der Waals surface area contributed by atoms with E-state index in [1.54, 1.807) is 6.07 Å². The SMILES string of the molecule is O=C(O)CC[C@H](C(=O)O)N1C(=O)/C(=C\c2cccc(F)c2)SC1=S. The number of hydrogen-bond acceptors (Lipinski definition) is 5. The third kappa shape index (κ3) is 4.18. The summed E-state index contributed by atoms with van der Waals surface area (Å²) in [6, 6.07) is 4.21. The van der Waals surface area contributed by atoms with Gasteiger partial charge in [0.1, 0.15) is 16.2 Å². The fourth-order valence-corrected chi connectivity index (χ4v) is 3.48. The Bertz CT molecular complexity index is 749. The van der Waals surface area contributed by atoms with Gasteiger partial charge in [0.2, 0.25) is 0 Å². The Morgan fingerprint density at radius 1 is 1.38 bits per heavy atom. The molecule has 24 heavy (non-hydrogen) atoms. The minimum absolute atomic E-state index is 0.0282. The number of aliphatic carboxylic acids is 2. The minimum Gasteiger partial charge on any atom is -0.481 e. The van der Waals surface area contributed by atoms with E-state index in [1.165, 1.54) is 24.3 Å². The topological polar surface area (TPSA) is 94.9 Å². The maximum atomic E-state index is 13.2. The molecule has 0 aromatic heterocycles. The molecule has 1 heterocycles. The van der Waals surface area contributed by atoms with Crippen molar-refractivity contribution in [2.24, 2.45) is 0 Å². The highest BCUT2D eigenvalue weighted by atomic mass is 32.2. The number of carbonyl (C=O) groups excluding carboxylic acids is 1. The third-order valence-electron chi connectivity index (χ3n) is 3.20. The van der Waals surface area contributed by atoms with Crippen molar-refractivity contribution in [2.75, 3.05) is 0 Å². The van der Waals surface area contributed by atoms with E-state index < -0.39 is 36.1 Å². The van der Waals surface area contributed by atoms with Crippen LogP contribution in [0, 0.1) is 5.82 Å². The summed E-state index contributed by atoms with van der Waals surface area (Å²) in [6.45, 7) is 0. The van der Waals surface area contributed by atoms with Crippen molar-refractivity contribution >= 4 is 52.2 Å². The molecule has 0 spiro atoms. The van der Waals surface area contributed by atoms with Crippen LogP contribution in [0.2, 0.25) is 0 Å². The van der Waals surface area contributed by atoms with Gasteiger partial charge in [0, 0.05) is 6.42 Å². The lowest BCUT2D eigenvalue weighted by Crippen LogP contribution is -2.44. The Labute approximate surface area is 146 Å². The molecule has 0 radical (unpaired) electrons. The number of rotatable bonds is 6. The molecule has 1 aromatic rings. The van der Waals surface area contributed by atoms with Gasteiger partial charge in [0.05, 0.1) is 4.91 Å². The van der Waals surface area contributed by atoms with E-state index in [2.05, 4.69) is 0 Å². The standard InChI is InChI=1S/C15H12FNO5S2/c16-9-3-1-2-8(6-9)7-11-13(20)17(15(23)24-11)10(14(21)22)4-5-12(18)19/h1-3,6-7,10H,4-5H2,(H,18,19)(H,21,22)/b11-7+/t10-/m1/s1. The summed E-state index contributed by atoms with van der Waals surface area (Å²) in [7, 11) is 0. The van der Waals surface area contributed by atoms with Gasteiger partial charge in [-0.25, -0.2) is 9.18 Å². The number of thiocarbonyl (C=S) groups is 1. The summed E-state index contributed by atoms with van der Waals surface area (Å²) in [4.78, 5) is 35.5. The quantitative estimate of drug-likeness (QED) is 0.587. The number of carboxylic acids is 2. The molecule has 9 heteroatoms. The number of nitrogens with zero attached hydrogens (tertiary/aromatic N) is 1. The summed E-state index contributed by atoms with van der Waals surface area (Å²) in [6.07, 6.45) is 0.750. The minimum atomic E-state index is -1.35. The van der Waals surface area contributed by atoms with Crippen molar-refractivity contribution in [3.63, 3.8) is 0 Å². The van der Waals surface area contributed by atoms with Gasteiger partial charge in [0.25, 0.3) is 5.91 Å². The van der Waals surface area contributed by atoms with Crippen molar-refractivity contribution in [3.05, 3.63) is 40.6 Å². The molecule has 126 valence electrons. The molecule has 1 atom stereocenters. The first kappa shape index (κ1) is 18.1. The molecule has 0 saturated carbocycles. The van der Waals surface area contributed by atoms with Crippen LogP contribution in [0.1, 0.15) is 18.4 Å². The van der Waals surface area contributed by atoms with Gasteiger partial charge in [0.15, 0.2) is 0 Å². The van der Waals surface area contributed by atoms with E-state index in [-0.39, 0.29) is 15.6 Å². The zero-order chi connectivity index (χ0) is 17.9. The first-order valence-corrected chi connectivity index (χ1v) is 7.99. The molecule has 1 aliphatic rings. The van der Waals surface area contributed by atoms with E-state index in [4.69, 9.17) is 17.3 Å². The highest BCUT2D eigenvalue weighted by Crippen LogP contribution is 2.35. The van der Waals surface area contributed by atoms with E-state index in [1.807, 2.05) is 0 Å². The van der Waals surface area contributed by atoms with Gasteiger partial charge >= 0.3 is 11.9 Å². The predicted octanol–water partition coefficient (Wildman–Crippen LogP) is 2.34. The molecular weight excluding hydrogens is 357 g/mol. The average Bonchev–Trinajstić information content (AvgIpc) is 2.74. The second kappa shape index (κ2) is 7.54. The van der Waals surface area contributed by atoms with Crippen LogP contribution in [0.5, 0.6) is 0 Å². The molecule has 6 nitrogen and oxygen atoms in total. The molecule has 1 fully saturated rings. The summed E-state index contributed by atoms with van der Waals surface area (Å²) in [5.41, 5.74) is 0.438. The van der Waals surface area contributed by atoms with Crippen LogP contribution in [0.25, 0.3) is 6.08 Å². The van der Waals surface area contributed by atoms with Crippen LogP contribution in [0.4, 0.5) is 4.39 Å². The molecule has 2 N–H and O–H groups in total. The van der Waals surface area contributed by atoms with Crippen molar-refractivity contribution in [3.8, 4) is 0 Å². The summed E-state index contributed by atoms with van der Waals surface area (Å²) in [5.74, 6) is -3.60. The van der Waals surface area contributed by atoms with Crippen molar-refractivity contribution in [2.45, 2.75) is 18.9 Å². The highest BCUT2D eigenvalue weighted by Gasteiger charge is 2.40. The fourth-order valence-electron chi connectivity index (χ4n) is 2.12. The molecule has 1 aromatic carbocycles. The van der Waals surface area contributed by atoms with Gasteiger partial charge in [-0.05, 0) is 30.2 Å². The monoisotopic (exact) mass is 369 g/mol. The van der Waals surface area contributed by atoms with Gasteiger partial charge in [-0.15, -0.1) is 0 Å². The van der Waals surface area contributed by atoms with E-state index >= 15 is 0 Å². The van der Waals surface area contributed by atoms with E-state index in [0.717, 1.165) is 16.7 Å². The van der Waals surface area contributed by atoms with Crippen LogP contribution >= 0.6 is 24.0 Å². The predicted molar refractivity (Wildman–Crippen MR) is 89.7 cm³/mol. The van der Waals surface area contributed by atoms with Gasteiger partial charge < -0.3 is 10.2 Å². The first-order valence-electron chi connectivity index (χ1n) is 6.77. The smallest absolute Gasteiger partial charge is 0.326 e. The van der Waals surface area contributed by atoms with Crippen molar-refractivity contribution in [1.82, 2.24) is 4.90 Å². The van der Waals surface area contributed by atoms with E-state index in [9.17, 15) is 23.9 Å². The summed E-state index contributed by atoms with van der Waals surface area (Å²) >= 11 is 5.95. The lowest BCUT2D eigenvalue weighted by molar-refractivity contribution is -0.146. The number of thioether (sulfide) groups is 1. The summed E-state index contributed by atoms with van der Waals surface area (Å²) < 4.78 is 13.2. The molecule has 2 rings (SSSR count). The maximum Gasteiger partial charge on any atom is 0.326 e. The van der Waals surface area contributed by atoms with Crippen LogP contribution in [0.15, 0.2) is 29.2 Å². The Morgan fingerprint density at radius 2 is 2.08 bits per heavy atom. The number of carboxylic acid groups (broad SMARTS) is 2. The molecule has 1 aliphatic heterocycles. The van der Waals surface area contributed by atoms with Crippen LogP contribution in [-0.4, -0.2) is 43.3 Å². The number of carbonyl (C=O) groups is 3. The highest BCUT2D eigenvalue weighted by molar-refractivity contribution is 8.26. The lowest BCUT2D eigenvalue weighted by Gasteiger charge is -2.22. The number of hydrogen-bond donors (Lipinski definition) is 2. The largest absolute Gasteiger partial charge is 0.481 e. The van der Waals surface area contributed by atoms with Gasteiger partial charge in [-0.2, -0.15) is 0 Å². The summed E-state index contributed by atoms with van der Waals surface area (Å²) in [5, 5.41) is 18.0. The normalized spacial score (nSPS) is 17.4. The molecule has 0 aliphatic carbocycles. The molecular formula is C15H12FNO5S2. The van der Waals surface area contributed by atoms with Gasteiger partial charge in [-0.1, -0.05) is 36.1 Å². The van der Waals surface area contributed by atoms with Crippen LogP contribution < -0.4 is 0 Å². The number of halogens is 1. The molecule has 1 saturated heterocycles. The zero-order valence-corrected chi connectivity index (χ0v) is 13.8. The first-order chi connectivity index (χ1) is 11.3. The Kier molecular flexibility index (Phi) is 5.68. The lowest BCUT2D eigenvalue weighted by atomic mass is 10.1. The molecule has 1 amide bonds. The van der Waals surface area contributed by atoms with Gasteiger partial charge in [-0.3, -0.25) is 14.5 Å². The maximum absolute atomic E-state index is 13.2. The fraction of sp³-hybridized carbons (Fsp3) is 0.200.